The highest BCUT2D eigenvalue weighted by Crippen LogP contribution is 2.58. The molecule has 8 rings (SSSR count). The second-order valence-corrected chi connectivity index (χ2v) is 20.0. The molecule has 1 saturated heterocycles. The normalized spacial score (nSPS) is 33.7. The monoisotopic (exact) mass is 836 g/mol. The number of hydrogen-bond donors (Lipinski definition) is 3. The molecule has 3 heterocycles. The van der Waals surface area contributed by atoms with Gasteiger partial charge in [0.15, 0.2) is 5.69 Å². The first-order valence-electron chi connectivity index (χ1n) is 20.0. The van der Waals surface area contributed by atoms with Crippen molar-refractivity contribution in [1.29, 1.82) is 0 Å². The molecule has 19 heteroatoms. The fourth-order valence-electron chi connectivity index (χ4n) is 9.18. The average molecular weight is 837 g/mol. The Hall–Kier alpha value is -4.29. The molecule has 9 atom stereocenters. The molecule has 2 aliphatic heterocycles. The van der Waals surface area contributed by atoms with E-state index in [0.29, 0.717) is 31.1 Å². The van der Waals surface area contributed by atoms with Crippen molar-refractivity contribution in [2.45, 2.75) is 132 Å². The summed E-state index contributed by atoms with van der Waals surface area (Å²) in [7, 11) is -4.19. The van der Waals surface area contributed by atoms with Gasteiger partial charge in [0.2, 0.25) is 34.1 Å². The summed E-state index contributed by atoms with van der Waals surface area (Å²) in [6.45, 7) is 4.65. The van der Waals surface area contributed by atoms with Gasteiger partial charge in [-0.3, -0.25) is 19.1 Å². The highest BCUT2D eigenvalue weighted by molar-refractivity contribution is 7.91. The predicted octanol–water partition coefficient (Wildman–Crippen LogP) is 4.56. The number of benzene rings is 1. The second-order valence-electron chi connectivity index (χ2n) is 18.0. The smallest absolute Gasteiger partial charge is 0.408 e. The second kappa shape index (κ2) is 14.5. The lowest BCUT2D eigenvalue weighted by Crippen LogP contribution is -2.60. The van der Waals surface area contributed by atoms with Gasteiger partial charge in [-0.1, -0.05) is 39.3 Å². The van der Waals surface area contributed by atoms with Crippen molar-refractivity contribution in [3.05, 3.63) is 30.0 Å². The highest BCUT2D eigenvalue weighted by Gasteiger charge is 2.67. The molecule has 4 aliphatic carbocycles. The standard InChI is InChI=1S/C39H48F4N6O8S/c1-37(2,3)30-34(51)49-18-20(16-27(49)32(50)47-38(17-24(38)31(40)41)35(52)48-58(54,55)21-11-12-21)56-33-29(44-25-9-4-5-10-26(25)45-33)39(42,43)13-7-6-8-22-23-14-19(23)15-28(22)57-36(53)46-30/h4-5,9-10,19-24,27-28,30-31H,6-8,11-18H2,1-3H3,(H,46,53)(H,47,50)(H,48,52)/t19?,20-,22-,23+,24+,27+,28-,30-,38-/m1/s1. The summed E-state index contributed by atoms with van der Waals surface area (Å²) in [5.74, 6) is -8.29. The van der Waals surface area contributed by atoms with Gasteiger partial charge in [-0.15, -0.1) is 0 Å². The largest absolute Gasteiger partial charge is 0.471 e. The number of hydrogen-bond acceptors (Lipinski definition) is 10. The van der Waals surface area contributed by atoms with Crippen LogP contribution in [0.1, 0.15) is 90.7 Å². The van der Waals surface area contributed by atoms with Crippen LogP contribution in [0.3, 0.4) is 0 Å². The third kappa shape index (κ3) is 7.78. The first-order chi connectivity index (χ1) is 27.3. The van der Waals surface area contributed by atoms with E-state index in [2.05, 4.69) is 20.6 Å². The van der Waals surface area contributed by atoms with E-state index in [9.17, 15) is 36.4 Å². The number of fused-ring (bicyclic) bond motifs is 7. The van der Waals surface area contributed by atoms with Gasteiger partial charge < -0.3 is 25.0 Å². The molecule has 1 aromatic carbocycles. The Bertz CT molecular complexity index is 2120. The molecular formula is C39H48F4N6O8S. The number of sulfonamides is 1. The number of amides is 4. The maximum absolute atomic E-state index is 16.3. The van der Waals surface area contributed by atoms with E-state index in [-0.39, 0.29) is 42.6 Å². The lowest BCUT2D eigenvalue weighted by molar-refractivity contribution is -0.143. The molecule has 1 unspecified atom stereocenters. The molecule has 2 aromatic rings. The van der Waals surface area contributed by atoms with Gasteiger partial charge in [-0.2, -0.15) is 8.78 Å². The molecule has 0 spiro atoms. The van der Waals surface area contributed by atoms with Crippen molar-refractivity contribution in [3.8, 4) is 5.88 Å². The topological polar surface area (TPSA) is 186 Å². The number of para-hydroxylation sites is 2. The summed E-state index contributed by atoms with van der Waals surface area (Å²) < 4.78 is 100. The van der Waals surface area contributed by atoms with Crippen LogP contribution in [0, 0.1) is 29.1 Å². The van der Waals surface area contributed by atoms with Gasteiger partial charge in [0, 0.05) is 12.8 Å². The van der Waals surface area contributed by atoms with Crippen LogP contribution in [-0.4, -0.2) is 95.2 Å². The van der Waals surface area contributed by atoms with Crippen molar-refractivity contribution >= 4 is 44.9 Å². The fourth-order valence-corrected chi connectivity index (χ4v) is 10.5. The number of rotatable bonds is 6. The number of alkyl halides is 4. The van der Waals surface area contributed by atoms with Crippen molar-refractivity contribution in [1.82, 2.24) is 30.2 Å². The van der Waals surface area contributed by atoms with Crippen molar-refractivity contribution < 1.29 is 54.6 Å². The zero-order valence-corrected chi connectivity index (χ0v) is 33.2. The van der Waals surface area contributed by atoms with Crippen LogP contribution in [0.25, 0.3) is 11.0 Å². The SMILES string of the molecule is CC(C)(C)[C@@H]1NC(=O)O[C@@H]2CC3C[C@@H]3[C@H]2CCCCC(F)(F)c2nc3ccccc3nc2O[C@@H]2C[C@@H](C(=O)N[C@]3(C(=O)NS(=O)(=O)C4CC4)C[C@H]3C(F)F)N(C2)C1=O. The molecule has 4 amide bonds. The Morgan fingerprint density at radius 1 is 0.983 bits per heavy atom. The minimum absolute atomic E-state index is 0.0397. The van der Waals surface area contributed by atoms with Crippen molar-refractivity contribution in [3.63, 3.8) is 0 Å². The van der Waals surface area contributed by atoms with Gasteiger partial charge in [0.25, 0.3) is 11.8 Å². The maximum atomic E-state index is 16.3. The Balaban J connectivity index is 1.15. The van der Waals surface area contributed by atoms with Gasteiger partial charge in [0.1, 0.15) is 29.8 Å². The van der Waals surface area contributed by atoms with Gasteiger partial charge in [-0.05, 0) is 80.2 Å². The number of carbonyl (C=O) groups excluding carboxylic acids is 4. The van der Waals surface area contributed by atoms with Crippen LogP contribution in [0.5, 0.6) is 5.88 Å². The Labute approximate surface area is 333 Å². The highest BCUT2D eigenvalue weighted by atomic mass is 32.2. The first-order valence-corrected chi connectivity index (χ1v) is 21.6. The number of ether oxygens (including phenoxy) is 2. The zero-order chi connectivity index (χ0) is 41.5. The van der Waals surface area contributed by atoms with E-state index < -0.39 is 124 Å². The summed E-state index contributed by atoms with van der Waals surface area (Å²) in [6, 6.07) is 3.54. The maximum Gasteiger partial charge on any atom is 0.408 e. The van der Waals surface area contributed by atoms with Gasteiger partial charge in [0.05, 0.1) is 28.7 Å². The molecule has 3 N–H and O–H groups in total. The lowest BCUT2D eigenvalue weighted by atomic mass is 9.85. The quantitative estimate of drug-likeness (QED) is 0.349. The molecule has 4 saturated carbocycles. The fraction of sp³-hybridized carbons (Fsp3) is 0.692. The van der Waals surface area contributed by atoms with E-state index in [1.165, 1.54) is 0 Å². The minimum atomic E-state index is -4.19. The first kappa shape index (κ1) is 40.5. The molecule has 2 bridgehead atoms. The average Bonchev–Trinajstić information content (AvgIpc) is 4.08. The van der Waals surface area contributed by atoms with E-state index in [1.54, 1.807) is 45.0 Å². The third-order valence-corrected chi connectivity index (χ3v) is 14.6. The van der Waals surface area contributed by atoms with Crippen LogP contribution in [-0.2, 0) is 35.1 Å². The van der Waals surface area contributed by atoms with Crippen LogP contribution in [0.2, 0.25) is 0 Å². The molecule has 6 aliphatic rings. The molecule has 5 fully saturated rings. The van der Waals surface area contributed by atoms with Gasteiger partial charge in [-0.25, -0.2) is 32.0 Å². The number of nitrogens with one attached hydrogen (secondary N) is 3. The number of carbonyl (C=O) groups is 4. The number of halogens is 4. The molecule has 316 valence electrons. The number of nitrogens with zero attached hydrogens (tertiary/aromatic N) is 3. The molecule has 14 nitrogen and oxygen atoms in total. The molecule has 0 radical (unpaired) electrons. The van der Waals surface area contributed by atoms with Crippen LogP contribution >= 0.6 is 0 Å². The third-order valence-electron chi connectivity index (χ3n) is 12.7. The number of aromatic nitrogens is 2. The van der Waals surface area contributed by atoms with E-state index in [4.69, 9.17) is 9.47 Å². The summed E-state index contributed by atoms with van der Waals surface area (Å²) in [6.07, 6.45) is -3.86. The number of alkyl carbamates (subject to hydrolysis) is 1. The van der Waals surface area contributed by atoms with Crippen LogP contribution < -0.4 is 20.1 Å². The molecular weight excluding hydrogens is 789 g/mol. The van der Waals surface area contributed by atoms with Crippen LogP contribution in [0.15, 0.2) is 24.3 Å². The van der Waals surface area contributed by atoms with E-state index in [1.807, 2.05) is 4.72 Å². The lowest BCUT2D eigenvalue weighted by Gasteiger charge is -2.36. The van der Waals surface area contributed by atoms with Crippen LogP contribution in [0.4, 0.5) is 22.4 Å². The summed E-state index contributed by atoms with van der Waals surface area (Å²) in [4.78, 5) is 65.7. The van der Waals surface area contributed by atoms with Crippen molar-refractivity contribution in [2.75, 3.05) is 6.54 Å². The minimum Gasteiger partial charge on any atom is -0.471 e. The Kier molecular flexibility index (Phi) is 10.1. The Morgan fingerprint density at radius 2 is 1.69 bits per heavy atom. The summed E-state index contributed by atoms with van der Waals surface area (Å²) in [5, 5.41) is 4.20. The predicted molar refractivity (Wildman–Crippen MR) is 198 cm³/mol. The van der Waals surface area contributed by atoms with E-state index >= 15 is 8.78 Å². The Morgan fingerprint density at radius 3 is 2.34 bits per heavy atom. The molecule has 58 heavy (non-hydrogen) atoms. The molecule has 1 aromatic heterocycles. The summed E-state index contributed by atoms with van der Waals surface area (Å²) >= 11 is 0. The van der Waals surface area contributed by atoms with E-state index in [0.717, 1.165) is 11.3 Å². The van der Waals surface area contributed by atoms with Crippen molar-refractivity contribution in [2.24, 2.45) is 29.1 Å². The van der Waals surface area contributed by atoms with Gasteiger partial charge >= 0.3 is 6.09 Å². The summed E-state index contributed by atoms with van der Waals surface area (Å²) in [5.41, 5.74) is -3.56. The zero-order valence-electron chi connectivity index (χ0n) is 32.4.